The summed E-state index contributed by atoms with van der Waals surface area (Å²) in [4.78, 5) is 7.62. The van der Waals surface area contributed by atoms with E-state index in [-0.39, 0.29) is 0 Å². The molecule has 0 bridgehead atoms. The van der Waals surface area contributed by atoms with Crippen molar-refractivity contribution in [2.24, 2.45) is 11.1 Å². The third-order valence-electron chi connectivity index (χ3n) is 0.510. The molecule has 0 rings (SSSR count). The minimum atomic E-state index is 0.449. The van der Waals surface area contributed by atoms with Gasteiger partial charge in [0.15, 0.2) is 0 Å². The first-order chi connectivity index (χ1) is 5.81. The molecule has 0 radical (unpaired) electrons. The van der Waals surface area contributed by atoms with E-state index in [1.807, 2.05) is 5.92 Å². The molecule has 0 unspecified atom stereocenters. The number of terminal acetylenes is 1. The summed E-state index contributed by atoms with van der Waals surface area (Å²) in [5.74, 6) is 13.7. The highest BCUT2D eigenvalue weighted by Crippen LogP contribution is 1.79. The number of nitrogens with zero attached hydrogens (tertiary/aromatic N) is 3. The fourth-order valence-corrected chi connectivity index (χ4v) is 0.220. The number of nitrogens with two attached hydrogens (primary N) is 1. The topological polar surface area (TPSA) is 82.4 Å². The molecule has 0 heterocycles. The fourth-order valence-electron chi connectivity index (χ4n) is 0.220. The van der Waals surface area contributed by atoms with Gasteiger partial charge in [-0.3, -0.25) is 0 Å². The molecule has 60 valence electrons. The van der Waals surface area contributed by atoms with Crippen LogP contribution >= 0.6 is 0 Å². The van der Waals surface area contributed by atoms with Crippen molar-refractivity contribution in [2.75, 3.05) is 0 Å². The van der Waals surface area contributed by atoms with E-state index in [9.17, 15) is 0 Å². The molecular formula is C6H3N4O2-. The minimum Gasteiger partial charge on any atom is -0.667 e. The normalized spacial score (nSPS) is 6.00. The van der Waals surface area contributed by atoms with E-state index in [1.54, 1.807) is 0 Å². The zero-order valence-corrected chi connectivity index (χ0v) is 5.81. The first-order valence-electron chi connectivity index (χ1n) is 2.50. The standard InChI is InChI=1S/C6H3N4O2/c1-2-3-4-5-6-10(8)12-11-9-7/h1H,8H2/q-1. The molecular weight excluding hydrogens is 160 g/mol. The largest absolute Gasteiger partial charge is 0.667 e. The summed E-state index contributed by atoms with van der Waals surface area (Å²) in [6.07, 6.45) is 4.79. The van der Waals surface area contributed by atoms with Crippen molar-refractivity contribution >= 4 is 0 Å². The summed E-state index contributed by atoms with van der Waals surface area (Å²) in [6, 6.07) is 2.13. The average Bonchev–Trinajstić information content (AvgIpc) is 2.09. The Morgan fingerprint density at radius 1 is 1.42 bits per heavy atom. The van der Waals surface area contributed by atoms with Crippen LogP contribution < -0.4 is 5.84 Å². The van der Waals surface area contributed by atoms with E-state index in [1.165, 1.54) is 0 Å². The van der Waals surface area contributed by atoms with Crippen molar-refractivity contribution in [3.8, 4) is 36.1 Å². The summed E-state index contributed by atoms with van der Waals surface area (Å²) in [6.45, 7) is 0. The number of hydrazine groups is 1. The highest BCUT2D eigenvalue weighted by molar-refractivity contribution is 5.33. The van der Waals surface area contributed by atoms with Crippen LogP contribution in [0.5, 0.6) is 0 Å². The van der Waals surface area contributed by atoms with Crippen molar-refractivity contribution in [1.29, 1.82) is 0 Å². The highest BCUT2D eigenvalue weighted by Gasteiger charge is 1.87. The molecule has 0 fully saturated rings. The van der Waals surface area contributed by atoms with Crippen LogP contribution in [0.1, 0.15) is 0 Å². The van der Waals surface area contributed by atoms with Crippen LogP contribution in [-0.2, 0) is 9.98 Å². The Morgan fingerprint density at radius 3 is 2.75 bits per heavy atom. The molecule has 0 spiro atoms. The Balaban J connectivity index is 3.80. The molecule has 6 heteroatoms. The van der Waals surface area contributed by atoms with Crippen LogP contribution in [-0.4, -0.2) is 5.17 Å². The minimum absolute atomic E-state index is 0.449. The molecule has 12 heavy (non-hydrogen) atoms. The first-order valence-corrected chi connectivity index (χ1v) is 2.50. The molecule has 6 nitrogen and oxygen atoms in total. The Kier molecular flexibility index (Phi) is 5.65. The van der Waals surface area contributed by atoms with Crippen molar-refractivity contribution in [3.63, 3.8) is 0 Å². The van der Waals surface area contributed by atoms with Crippen LogP contribution in [0.15, 0.2) is 5.28 Å². The van der Waals surface area contributed by atoms with E-state index in [4.69, 9.17) is 17.8 Å². The lowest BCUT2D eigenvalue weighted by Crippen LogP contribution is -2.24. The first kappa shape index (κ1) is 9.80. The zero-order valence-electron chi connectivity index (χ0n) is 5.81. The highest BCUT2D eigenvalue weighted by atomic mass is 17.3. The van der Waals surface area contributed by atoms with Crippen LogP contribution in [0.3, 0.4) is 0 Å². The van der Waals surface area contributed by atoms with Crippen LogP contribution in [0.25, 0.3) is 5.53 Å². The van der Waals surface area contributed by atoms with Gasteiger partial charge >= 0.3 is 0 Å². The fraction of sp³-hybridized carbons (Fsp3) is 0. The van der Waals surface area contributed by atoms with Crippen LogP contribution in [0, 0.1) is 36.1 Å². The van der Waals surface area contributed by atoms with Gasteiger partial charge in [0.25, 0.3) is 0 Å². The quantitative estimate of drug-likeness (QED) is 0.153. The number of hydroxylamine groups is 1. The smallest absolute Gasteiger partial charge is 0.0716 e. The van der Waals surface area contributed by atoms with Gasteiger partial charge < -0.3 is 5.53 Å². The van der Waals surface area contributed by atoms with Gasteiger partial charge in [-0.05, 0) is 16.8 Å². The zero-order chi connectivity index (χ0) is 9.23. The van der Waals surface area contributed by atoms with Gasteiger partial charge in [0, 0.05) is 11.8 Å². The van der Waals surface area contributed by atoms with Gasteiger partial charge in [0.05, 0.1) is 6.04 Å². The third-order valence-corrected chi connectivity index (χ3v) is 0.510. The predicted octanol–water partition coefficient (Wildman–Crippen LogP) is -0.441. The molecule has 0 atom stereocenters. The van der Waals surface area contributed by atoms with Crippen LogP contribution in [0.4, 0.5) is 0 Å². The van der Waals surface area contributed by atoms with Gasteiger partial charge in [0.2, 0.25) is 0 Å². The van der Waals surface area contributed by atoms with Crippen LogP contribution in [0.2, 0.25) is 0 Å². The van der Waals surface area contributed by atoms with Crippen molar-refractivity contribution in [2.45, 2.75) is 0 Å². The molecule has 0 aliphatic rings. The molecule has 0 saturated carbocycles. The number of rotatable bonds is 3. The average molecular weight is 163 g/mol. The van der Waals surface area contributed by atoms with E-state index in [2.05, 4.69) is 39.1 Å². The van der Waals surface area contributed by atoms with Gasteiger partial charge in [-0.1, -0.05) is 5.17 Å². The predicted molar refractivity (Wildman–Crippen MR) is 38.4 cm³/mol. The van der Waals surface area contributed by atoms with Crippen molar-refractivity contribution in [1.82, 2.24) is 5.17 Å². The molecule has 0 aromatic rings. The number of hydrogen-bond acceptors (Lipinski definition) is 5. The van der Waals surface area contributed by atoms with E-state index in [0.717, 1.165) is 0 Å². The summed E-state index contributed by atoms with van der Waals surface area (Å²) in [5, 5.41) is 2.59. The lowest BCUT2D eigenvalue weighted by molar-refractivity contribution is -0.411. The van der Waals surface area contributed by atoms with Crippen molar-refractivity contribution < 1.29 is 9.98 Å². The summed E-state index contributed by atoms with van der Waals surface area (Å²) < 4.78 is 0. The molecule has 0 aliphatic carbocycles. The molecule has 2 N–H and O–H groups in total. The van der Waals surface area contributed by atoms with Gasteiger partial charge in [-0.15, -0.1) is 6.42 Å². The van der Waals surface area contributed by atoms with E-state index in [0.29, 0.717) is 5.17 Å². The van der Waals surface area contributed by atoms with E-state index >= 15 is 0 Å². The lowest BCUT2D eigenvalue weighted by atomic mass is 10.6. The van der Waals surface area contributed by atoms with Gasteiger partial charge in [-0.25, -0.2) is 10.8 Å². The monoisotopic (exact) mass is 163 g/mol. The summed E-state index contributed by atoms with van der Waals surface area (Å²) in [5.41, 5.74) is 7.72. The molecule has 0 aromatic carbocycles. The second-order valence-corrected chi connectivity index (χ2v) is 1.19. The van der Waals surface area contributed by atoms with Gasteiger partial charge in [-0.2, -0.15) is 5.28 Å². The van der Waals surface area contributed by atoms with Gasteiger partial charge in [0.1, 0.15) is 0 Å². The second-order valence-electron chi connectivity index (χ2n) is 1.19. The SMILES string of the molecule is C#CC#CC#CN(N)OON=[N-]. The molecule has 0 aromatic heterocycles. The molecule has 0 aliphatic heterocycles. The Labute approximate surface area is 68.9 Å². The maximum absolute atomic E-state index is 7.72. The summed E-state index contributed by atoms with van der Waals surface area (Å²) in [7, 11) is 0. The molecule has 0 amide bonds. The Bertz CT molecular complexity index is 297. The maximum atomic E-state index is 7.72. The lowest BCUT2D eigenvalue weighted by Gasteiger charge is -2.04. The summed E-state index contributed by atoms with van der Waals surface area (Å²) >= 11 is 0. The van der Waals surface area contributed by atoms with E-state index < -0.39 is 0 Å². The molecule has 0 saturated heterocycles. The Morgan fingerprint density at radius 2 is 2.17 bits per heavy atom. The Hall–Kier alpha value is -2.20. The maximum Gasteiger partial charge on any atom is 0.0716 e. The number of hydrogen-bond donors (Lipinski definition) is 1. The second kappa shape index (κ2) is 6.91. The third kappa shape index (κ3) is 5.93. The van der Waals surface area contributed by atoms with Crippen molar-refractivity contribution in [3.05, 3.63) is 5.53 Å².